The Bertz CT molecular complexity index is 874. The van der Waals surface area contributed by atoms with E-state index in [0.717, 1.165) is 5.56 Å². The van der Waals surface area contributed by atoms with Gasteiger partial charge in [0.1, 0.15) is 0 Å². The van der Waals surface area contributed by atoms with E-state index in [9.17, 15) is 13.2 Å². The van der Waals surface area contributed by atoms with Crippen LogP contribution < -0.4 is 5.32 Å². The molecule has 0 aromatic heterocycles. The summed E-state index contributed by atoms with van der Waals surface area (Å²) in [5.74, 6) is -0.273. The number of aryl methyl sites for hydroxylation is 1. The molecule has 2 aromatic carbocycles. The van der Waals surface area contributed by atoms with Crippen molar-refractivity contribution in [1.82, 2.24) is 4.31 Å². The molecular weight excluding hydrogens is 340 g/mol. The molecule has 1 aliphatic heterocycles. The molecular formula is C18H20N2O4S. The number of rotatable bonds is 4. The van der Waals surface area contributed by atoms with Gasteiger partial charge in [-0.2, -0.15) is 4.31 Å². The van der Waals surface area contributed by atoms with Crippen molar-refractivity contribution in [1.29, 1.82) is 0 Å². The van der Waals surface area contributed by atoms with Crippen LogP contribution in [0.2, 0.25) is 0 Å². The van der Waals surface area contributed by atoms with Gasteiger partial charge in [0.15, 0.2) is 0 Å². The largest absolute Gasteiger partial charge is 0.379 e. The Balaban J connectivity index is 1.80. The maximum atomic E-state index is 12.7. The minimum atomic E-state index is -3.59. The van der Waals surface area contributed by atoms with Crippen molar-refractivity contribution in [3.63, 3.8) is 0 Å². The molecule has 1 N–H and O–H groups in total. The molecule has 1 aliphatic rings. The Labute approximate surface area is 147 Å². The average Bonchev–Trinajstić information content (AvgIpc) is 2.62. The van der Waals surface area contributed by atoms with E-state index in [2.05, 4.69) is 5.32 Å². The van der Waals surface area contributed by atoms with Crippen LogP contribution in [-0.2, 0) is 14.8 Å². The Morgan fingerprint density at radius 1 is 1.08 bits per heavy atom. The number of sulfonamides is 1. The summed E-state index contributed by atoms with van der Waals surface area (Å²) in [6.45, 7) is 3.36. The van der Waals surface area contributed by atoms with Gasteiger partial charge < -0.3 is 10.1 Å². The standard InChI is InChI=1S/C18H20N2O4S/c1-14-4-2-5-15(12-14)18(21)19-16-6-3-7-17(13-16)25(22,23)20-8-10-24-11-9-20/h2-7,12-13H,8-11H2,1H3,(H,19,21). The fourth-order valence-corrected chi connectivity index (χ4v) is 4.11. The number of ether oxygens (including phenoxy) is 1. The third-order valence-corrected chi connectivity index (χ3v) is 5.87. The summed E-state index contributed by atoms with van der Waals surface area (Å²) >= 11 is 0. The molecule has 1 heterocycles. The fraction of sp³-hybridized carbons (Fsp3) is 0.278. The molecule has 0 atom stereocenters. The Kier molecular flexibility index (Phi) is 5.17. The molecule has 0 spiro atoms. The van der Waals surface area contributed by atoms with Crippen LogP contribution in [0.1, 0.15) is 15.9 Å². The molecule has 7 heteroatoms. The highest BCUT2D eigenvalue weighted by atomic mass is 32.2. The van der Waals surface area contributed by atoms with Crippen LogP contribution in [0.4, 0.5) is 5.69 Å². The maximum absolute atomic E-state index is 12.7. The summed E-state index contributed by atoms with van der Waals surface area (Å²) in [5, 5.41) is 2.75. The number of morpholine rings is 1. The van der Waals surface area contributed by atoms with E-state index in [1.807, 2.05) is 19.1 Å². The van der Waals surface area contributed by atoms with Crippen LogP contribution in [0.25, 0.3) is 0 Å². The van der Waals surface area contributed by atoms with Crippen molar-refractivity contribution < 1.29 is 17.9 Å². The van der Waals surface area contributed by atoms with Gasteiger partial charge in [-0.3, -0.25) is 4.79 Å². The van der Waals surface area contributed by atoms with Crippen molar-refractivity contribution >= 4 is 21.6 Å². The number of carbonyl (C=O) groups is 1. The summed E-state index contributed by atoms with van der Waals surface area (Å²) in [5.41, 5.74) is 1.96. The zero-order chi connectivity index (χ0) is 17.9. The van der Waals surface area contributed by atoms with E-state index in [4.69, 9.17) is 4.74 Å². The van der Waals surface area contributed by atoms with Crippen molar-refractivity contribution in [2.24, 2.45) is 0 Å². The Morgan fingerprint density at radius 3 is 2.52 bits per heavy atom. The monoisotopic (exact) mass is 360 g/mol. The number of hydrogen-bond donors (Lipinski definition) is 1. The van der Waals surface area contributed by atoms with Gasteiger partial charge in [-0.1, -0.05) is 23.8 Å². The van der Waals surface area contributed by atoms with E-state index in [0.29, 0.717) is 37.6 Å². The average molecular weight is 360 g/mol. The quantitative estimate of drug-likeness (QED) is 0.907. The number of benzene rings is 2. The summed E-state index contributed by atoms with van der Waals surface area (Å²) in [4.78, 5) is 12.5. The summed E-state index contributed by atoms with van der Waals surface area (Å²) in [7, 11) is -3.59. The molecule has 6 nitrogen and oxygen atoms in total. The van der Waals surface area contributed by atoms with Gasteiger partial charge >= 0.3 is 0 Å². The van der Waals surface area contributed by atoms with Crippen LogP contribution in [0, 0.1) is 6.92 Å². The van der Waals surface area contributed by atoms with E-state index in [1.54, 1.807) is 24.3 Å². The van der Waals surface area contributed by atoms with Gasteiger partial charge in [-0.05, 0) is 37.3 Å². The second kappa shape index (κ2) is 7.35. The normalized spacial score (nSPS) is 15.7. The smallest absolute Gasteiger partial charge is 0.255 e. The molecule has 1 fully saturated rings. The molecule has 132 valence electrons. The first-order chi connectivity index (χ1) is 12.0. The molecule has 2 aromatic rings. The Morgan fingerprint density at radius 2 is 1.80 bits per heavy atom. The van der Waals surface area contributed by atoms with Gasteiger partial charge in [0.05, 0.1) is 18.1 Å². The lowest BCUT2D eigenvalue weighted by molar-refractivity contribution is 0.0730. The lowest BCUT2D eigenvalue weighted by atomic mass is 10.1. The highest BCUT2D eigenvalue weighted by Gasteiger charge is 2.26. The molecule has 0 bridgehead atoms. The maximum Gasteiger partial charge on any atom is 0.255 e. The second-order valence-electron chi connectivity index (χ2n) is 5.87. The van der Waals surface area contributed by atoms with Gasteiger partial charge in [0.25, 0.3) is 5.91 Å². The lowest BCUT2D eigenvalue weighted by Crippen LogP contribution is -2.40. The Hall–Kier alpha value is -2.22. The fourth-order valence-electron chi connectivity index (χ4n) is 2.66. The van der Waals surface area contributed by atoms with Gasteiger partial charge in [0.2, 0.25) is 10.0 Å². The minimum absolute atomic E-state index is 0.163. The zero-order valence-electron chi connectivity index (χ0n) is 13.9. The number of hydrogen-bond acceptors (Lipinski definition) is 4. The predicted molar refractivity (Wildman–Crippen MR) is 95.2 cm³/mol. The van der Waals surface area contributed by atoms with Crippen molar-refractivity contribution in [3.8, 4) is 0 Å². The van der Waals surface area contributed by atoms with E-state index >= 15 is 0 Å². The molecule has 1 amide bonds. The number of amides is 1. The van der Waals surface area contributed by atoms with Gasteiger partial charge in [-0.15, -0.1) is 0 Å². The molecule has 3 rings (SSSR count). The number of carbonyl (C=O) groups excluding carboxylic acids is 1. The predicted octanol–water partition coefficient (Wildman–Crippen LogP) is 2.27. The highest BCUT2D eigenvalue weighted by molar-refractivity contribution is 7.89. The number of nitrogens with zero attached hydrogens (tertiary/aromatic N) is 1. The lowest BCUT2D eigenvalue weighted by Gasteiger charge is -2.26. The number of nitrogens with one attached hydrogen (secondary N) is 1. The second-order valence-corrected chi connectivity index (χ2v) is 7.81. The van der Waals surface area contributed by atoms with E-state index in [1.165, 1.54) is 16.4 Å². The van der Waals surface area contributed by atoms with Gasteiger partial charge in [-0.25, -0.2) is 8.42 Å². The SMILES string of the molecule is Cc1cccc(C(=O)Nc2cccc(S(=O)(=O)N3CCOCC3)c2)c1. The molecule has 0 aliphatic carbocycles. The zero-order valence-corrected chi connectivity index (χ0v) is 14.8. The molecule has 0 saturated carbocycles. The molecule has 0 unspecified atom stereocenters. The van der Waals surface area contributed by atoms with Crippen molar-refractivity contribution in [3.05, 3.63) is 59.7 Å². The van der Waals surface area contributed by atoms with Crippen LogP contribution in [-0.4, -0.2) is 44.9 Å². The van der Waals surface area contributed by atoms with Crippen molar-refractivity contribution in [2.75, 3.05) is 31.6 Å². The molecule has 0 radical (unpaired) electrons. The third-order valence-electron chi connectivity index (χ3n) is 3.98. The van der Waals surface area contributed by atoms with Crippen molar-refractivity contribution in [2.45, 2.75) is 11.8 Å². The van der Waals surface area contributed by atoms with Crippen LogP contribution in [0.5, 0.6) is 0 Å². The first-order valence-electron chi connectivity index (χ1n) is 8.03. The van der Waals surface area contributed by atoms with E-state index in [-0.39, 0.29) is 10.8 Å². The van der Waals surface area contributed by atoms with Crippen LogP contribution >= 0.6 is 0 Å². The minimum Gasteiger partial charge on any atom is -0.379 e. The summed E-state index contributed by atoms with van der Waals surface area (Å²) < 4.78 is 32.0. The summed E-state index contributed by atoms with van der Waals surface area (Å²) in [6, 6.07) is 13.5. The number of anilines is 1. The van der Waals surface area contributed by atoms with Crippen LogP contribution in [0.15, 0.2) is 53.4 Å². The summed E-state index contributed by atoms with van der Waals surface area (Å²) in [6.07, 6.45) is 0. The van der Waals surface area contributed by atoms with E-state index < -0.39 is 10.0 Å². The van der Waals surface area contributed by atoms with Crippen LogP contribution in [0.3, 0.4) is 0 Å². The molecule has 1 saturated heterocycles. The molecule has 25 heavy (non-hydrogen) atoms. The third kappa shape index (κ3) is 4.07. The van der Waals surface area contributed by atoms with Gasteiger partial charge in [0, 0.05) is 24.3 Å². The highest BCUT2D eigenvalue weighted by Crippen LogP contribution is 2.21. The first-order valence-corrected chi connectivity index (χ1v) is 9.47. The first kappa shape index (κ1) is 17.6. The topological polar surface area (TPSA) is 75.7 Å².